The molecule has 0 heterocycles. The second-order valence-corrected chi connectivity index (χ2v) is 8.36. The van der Waals surface area contributed by atoms with E-state index in [0.717, 1.165) is 6.54 Å². The van der Waals surface area contributed by atoms with Crippen molar-refractivity contribution in [1.82, 2.24) is 4.90 Å². The molecular weight excluding hydrogens is 328 g/mol. The van der Waals surface area contributed by atoms with Crippen molar-refractivity contribution in [2.24, 2.45) is 4.99 Å². The van der Waals surface area contributed by atoms with Gasteiger partial charge in [-0.3, -0.25) is 4.99 Å². The molecule has 0 atom stereocenters. The fourth-order valence-corrected chi connectivity index (χ4v) is 3.57. The first-order valence-corrected chi connectivity index (χ1v) is 12.6. The first-order chi connectivity index (χ1) is 13.3. The highest BCUT2D eigenvalue weighted by Gasteiger charge is 2.01. The van der Waals surface area contributed by atoms with E-state index in [4.69, 9.17) is 4.99 Å². The minimum atomic E-state index is 1.02. The van der Waals surface area contributed by atoms with E-state index in [1.807, 2.05) is 0 Å². The van der Waals surface area contributed by atoms with E-state index in [9.17, 15) is 0 Å². The quantitative estimate of drug-likeness (QED) is 0.105. The molecule has 0 fully saturated rings. The van der Waals surface area contributed by atoms with Gasteiger partial charge >= 0.3 is 0 Å². The molecule has 2 nitrogen and oxygen atoms in total. The Bertz CT molecular complexity index is 272. The molecule has 0 aromatic carbocycles. The summed E-state index contributed by atoms with van der Waals surface area (Å²) in [5, 5.41) is 0. The zero-order chi connectivity index (χ0) is 19.8. The number of nitrogens with zero attached hydrogens (tertiary/aromatic N) is 2. The van der Waals surface area contributed by atoms with Crippen molar-refractivity contribution in [1.29, 1.82) is 0 Å². The maximum atomic E-state index is 4.75. The van der Waals surface area contributed by atoms with Crippen molar-refractivity contribution in [3.8, 4) is 0 Å². The Morgan fingerprint density at radius 1 is 0.481 bits per heavy atom. The smallest absolute Gasteiger partial charge is 0.0849 e. The summed E-state index contributed by atoms with van der Waals surface area (Å²) in [6, 6.07) is 0. The van der Waals surface area contributed by atoms with Crippen LogP contribution < -0.4 is 0 Å². The predicted molar refractivity (Wildman–Crippen MR) is 125 cm³/mol. The lowest BCUT2D eigenvalue weighted by Crippen LogP contribution is -2.24. The molecule has 0 amide bonds. The molecule has 0 unspecified atom stereocenters. The van der Waals surface area contributed by atoms with Crippen molar-refractivity contribution in [3.63, 3.8) is 0 Å². The first kappa shape index (κ1) is 26.5. The number of hydrogen-bond acceptors (Lipinski definition) is 1. The molecule has 0 radical (unpaired) electrons. The van der Waals surface area contributed by atoms with E-state index in [2.05, 4.69) is 32.0 Å². The molecule has 0 aliphatic heterocycles. The average molecular weight is 381 g/mol. The number of rotatable bonds is 22. The summed E-state index contributed by atoms with van der Waals surface area (Å²) in [7, 11) is 0. The fraction of sp³-hybridized carbons (Fsp3) is 0.960. The van der Waals surface area contributed by atoms with Crippen molar-refractivity contribution >= 4 is 6.34 Å². The van der Waals surface area contributed by atoms with Crippen LogP contribution in [0.4, 0.5) is 0 Å². The Hall–Kier alpha value is -0.530. The lowest BCUT2D eigenvalue weighted by atomic mass is 10.1. The summed E-state index contributed by atoms with van der Waals surface area (Å²) >= 11 is 0. The van der Waals surface area contributed by atoms with Gasteiger partial charge in [-0.05, 0) is 19.3 Å². The molecule has 0 aromatic heterocycles. The van der Waals surface area contributed by atoms with Gasteiger partial charge in [0, 0.05) is 19.6 Å². The van der Waals surface area contributed by atoms with Crippen LogP contribution in [0.1, 0.15) is 136 Å². The highest BCUT2D eigenvalue weighted by Crippen LogP contribution is 2.09. The molecule has 162 valence electrons. The molecule has 0 N–H and O–H groups in total. The van der Waals surface area contributed by atoms with Gasteiger partial charge in [0.05, 0.1) is 6.34 Å². The van der Waals surface area contributed by atoms with Gasteiger partial charge in [-0.25, -0.2) is 0 Å². The fourth-order valence-electron chi connectivity index (χ4n) is 3.57. The largest absolute Gasteiger partial charge is 0.363 e. The monoisotopic (exact) mass is 380 g/mol. The Kier molecular flexibility index (Phi) is 23.0. The third-order valence-corrected chi connectivity index (χ3v) is 5.48. The van der Waals surface area contributed by atoms with Crippen molar-refractivity contribution in [2.75, 3.05) is 19.6 Å². The zero-order valence-corrected chi connectivity index (χ0v) is 19.3. The molecule has 0 spiro atoms. The summed E-state index contributed by atoms with van der Waals surface area (Å²) in [4.78, 5) is 7.26. The minimum Gasteiger partial charge on any atom is -0.363 e. The van der Waals surface area contributed by atoms with Crippen molar-refractivity contribution < 1.29 is 0 Å². The molecule has 0 bridgehead atoms. The van der Waals surface area contributed by atoms with E-state index >= 15 is 0 Å². The van der Waals surface area contributed by atoms with Crippen LogP contribution in [0.5, 0.6) is 0 Å². The maximum Gasteiger partial charge on any atom is 0.0849 e. The molecule has 27 heavy (non-hydrogen) atoms. The Morgan fingerprint density at radius 2 is 0.852 bits per heavy atom. The van der Waals surface area contributed by atoms with Crippen LogP contribution in [0.15, 0.2) is 4.99 Å². The normalized spacial score (nSPS) is 11.5. The van der Waals surface area contributed by atoms with Gasteiger partial charge in [0.25, 0.3) is 0 Å². The van der Waals surface area contributed by atoms with Crippen LogP contribution in [-0.4, -0.2) is 30.9 Å². The second kappa shape index (κ2) is 23.5. The summed E-state index contributed by atoms with van der Waals surface area (Å²) in [6.45, 7) is 10.3. The van der Waals surface area contributed by atoms with Crippen LogP contribution in [0, 0.1) is 0 Å². The molecular formula is C25H52N2. The average Bonchev–Trinajstić information content (AvgIpc) is 2.68. The summed E-state index contributed by atoms with van der Waals surface area (Å²) < 4.78 is 0. The van der Waals surface area contributed by atoms with Gasteiger partial charge in [-0.2, -0.15) is 0 Å². The number of hydrogen-bond donors (Lipinski definition) is 0. The van der Waals surface area contributed by atoms with Crippen LogP contribution in [0.25, 0.3) is 0 Å². The molecule has 0 saturated carbocycles. The molecule has 0 aliphatic carbocycles. The maximum absolute atomic E-state index is 4.75. The third kappa shape index (κ3) is 21.6. The topological polar surface area (TPSA) is 15.6 Å². The van der Waals surface area contributed by atoms with E-state index in [0.29, 0.717) is 0 Å². The van der Waals surface area contributed by atoms with Crippen LogP contribution in [0.3, 0.4) is 0 Å². The lowest BCUT2D eigenvalue weighted by Gasteiger charge is -2.19. The molecule has 0 aromatic rings. The van der Waals surface area contributed by atoms with Crippen molar-refractivity contribution in [2.45, 2.75) is 136 Å². The Morgan fingerprint density at radius 3 is 1.30 bits per heavy atom. The molecule has 2 heteroatoms. The third-order valence-electron chi connectivity index (χ3n) is 5.48. The van der Waals surface area contributed by atoms with E-state index in [1.165, 1.54) is 129 Å². The van der Waals surface area contributed by atoms with Gasteiger partial charge in [0.1, 0.15) is 0 Å². The second-order valence-electron chi connectivity index (χ2n) is 8.36. The Balaban J connectivity index is 3.90. The van der Waals surface area contributed by atoms with E-state index in [-0.39, 0.29) is 0 Å². The van der Waals surface area contributed by atoms with E-state index < -0.39 is 0 Å². The van der Waals surface area contributed by atoms with Gasteiger partial charge in [0.2, 0.25) is 0 Å². The minimum absolute atomic E-state index is 1.02. The predicted octanol–water partition coefficient (Wildman–Crippen LogP) is 8.40. The molecule has 0 rings (SSSR count). The lowest BCUT2D eigenvalue weighted by molar-refractivity contribution is 0.392. The molecule has 0 saturated heterocycles. The van der Waals surface area contributed by atoms with Gasteiger partial charge < -0.3 is 4.90 Å². The zero-order valence-electron chi connectivity index (χ0n) is 19.3. The summed E-state index contributed by atoms with van der Waals surface area (Å²) in [5.74, 6) is 0. The highest BCUT2D eigenvalue weighted by atomic mass is 15.1. The highest BCUT2D eigenvalue weighted by molar-refractivity contribution is 5.54. The number of aliphatic imine (C=N–C) groups is 1. The standard InChI is InChI=1S/C25H52N2/c1-4-7-10-13-16-19-22-26-25-27(23-20-17-14-11-8-5-2)24-21-18-15-12-9-6-3/h25H,4-24H2,1-3H3. The number of unbranched alkanes of at least 4 members (excludes halogenated alkanes) is 15. The van der Waals surface area contributed by atoms with Gasteiger partial charge in [-0.1, -0.05) is 117 Å². The summed E-state index contributed by atoms with van der Waals surface area (Å²) in [5.41, 5.74) is 0. The molecule has 0 aliphatic rings. The van der Waals surface area contributed by atoms with Gasteiger partial charge in [-0.15, -0.1) is 0 Å². The van der Waals surface area contributed by atoms with E-state index in [1.54, 1.807) is 0 Å². The van der Waals surface area contributed by atoms with Crippen LogP contribution >= 0.6 is 0 Å². The van der Waals surface area contributed by atoms with Gasteiger partial charge in [0.15, 0.2) is 0 Å². The van der Waals surface area contributed by atoms with Crippen molar-refractivity contribution in [3.05, 3.63) is 0 Å². The first-order valence-electron chi connectivity index (χ1n) is 12.6. The SMILES string of the molecule is CCCCCCCCN=CN(CCCCCCCC)CCCCCCCC. The van der Waals surface area contributed by atoms with Crippen LogP contribution in [-0.2, 0) is 0 Å². The van der Waals surface area contributed by atoms with Crippen LogP contribution in [0.2, 0.25) is 0 Å². The Labute approximate surface area is 172 Å². The summed E-state index contributed by atoms with van der Waals surface area (Å²) in [6.07, 6.45) is 26.9.